The number of halogens is 2. The Balaban J connectivity index is 2.00. The molecule has 2 aromatic carbocycles. The van der Waals surface area contributed by atoms with Gasteiger partial charge >= 0.3 is 5.63 Å². The second-order valence-electron chi connectivity index (χ2n) is 4.85. The molecule has 22 heavy (non-hydrogen) atoms. The van der Waals surface area contributed by atoms with Gasteiger partial charge in [-0.15, -0.1) is 0 Å². The maximum Gasteiger partial charge on any atom is 0.336 e. The topological polar surface area (TPSA) is 42.6 Å². The van der Waals surface area contributed by atoms with Crippen LogP contribution in [0.3, 0.4) is 0 Å². The van der Waals surface area contributed by atoms with Gasteiger partial charge in [-0.2, -0.15) is 0 Å². The van der Waals surface area contributed by atoms with Gasteiger partial charge in [0.2, 0.25) is 0 Å². The van der Waals surface area contributed by atoms with E-state index in [1.807, 2.05) is 37.3 Å². The average Bonchev–Trinajstić information content (AvgIpc) is 2.45. The molecule has 1 aromatic heterocycles. The van der Waals surface area contributed by atoms with Crippen LogP contribution in [0.5, 0.6) is 0 Å². The van der Waals surface area contributed by atoms with Gasteiger partial charge in [0.25, 0.3) is 0 Å². The summed E-state index contributed by atoms with van der Waals surface area (Å²) in [7, 11) is 0. The summed E-state index contributed by atoms with van der Waals surface area (Å²) in [6, 6.07) is 12.6. The molecule has 0 aliphatic carbocycles. The van der Waals surface area contributed by atoms with E-state index in [4.69, 9.17) is 16.0 Å². The lowest BCUT2D eigenvalue weighted by Gasteiger charge is -2.02. The summed E-state index contributed by atoms with van der Waals surface area (Å²) in [5.74, 6) is 0. The lowest BCUT2D eigenvalue weighted by molar-refractivity contribution is 0.560. The molecule has 3 aromatic rings. The van der Waals surface area contributed by atoms with Crippen LogP contribution in [-0.2, 0) is 0 Å². The van der Waals surface area contributed by atoms with Gasteiger partial charge in [0, 0.05) is 33.8 Å². The van der Waals surface area contributed by atoms with Crippen molar-refractivity contribution in [2.75, 3.05) is 0 Å². The predicted octanol–water partition coefficient (Wildman–Crippen LogP) is 5.27. The van der Waals surface area contributed by atoms with E-state index in [0.717, 1.165) is 21.0 Å². The van der Waals surface area contributed by atoms with Crippen molar-refractivity contribution >= 4 is 50.4 Å². The Labute approximate surface area is 140 Å². The number of nitrogens with zero attached hydrogens (tertiary/aromatic N) is 1. The third-order valence-electron chi connectivity index (χ3n) is 3.25. The fraction of sp³-hybridized carbons (Fsp3) is 0.0588. The van der Waals surface area contributed by atoms with Crippen LogP contribution in [0.1, 0.15) is 11.1 Å². The number of aryl methyl sites for hydroxylation is 1. The number of aliphatic imine (C=N–C) groups is 1. The predicted molar refractivity (Wildman–Crippen MR) is 93.6 cm³/mol. The number of rotatable bonds is 2. The molecule has 0 N–H and O–H groups in total. The Morgan fingerprint density at radius 2 is 2.00 bits per heavy atom. The maximum absolute atomic E-state index is 11.4. The van der Waals surface area contributed by atoms with Crippen molar-refractivity contribution in [3.63, 3.8) is 0 Å². The van der Waals surface area contributed by atoms with E-state index in [9.17, 15) is 4.79 Å². The molecule has 0 fully saturated rings. The molecule has 0 aliphatic rings. The van der Waals surface area contributed by atoms with E-state index >= 15 is 0 Å². The van der Waals surface area contributed by atoms with Crippen molar-refractivity contribution in [3.8, 4) is 0 Å². The first-order chi connectivity index (χ1) is 10.5. The molecular formula is C17H11BrClNO2. The summed E-state index contributed by atoms with van der Waals surface area (Å²) in [6.07, 6.45) is 1.68. The molecule has 3 nitrogen and oxygen atoms in total. The van der Waals surface area contributed by atoms with Gasteiger partial charge in [-0.05, 0) is 36.8 Å². The first kappa shape index (κ1) is 15.0. The minimum Gasteiger partial charge on any atom is -0.423 e. The Hall–Kier alpha value is -1.91. The van der Waals surface area contributed by atoms with Crippen molar-refractivity contribution in [2.45, 2.75) is 6.92 Å². The van der Waals surface area contributed by atoms with E-state index in [1.165, 1.54) is 6.07 Å². The summed E-state index contributed by atoms with van der Waals surface area (Å²) < 4.78 is 6.13. The SMILES string of the molecule is Cc1cc(=O)oc2cc(N=Cc3ccc(Br)cc3Cl)ccc12. The highest BCUT2D eigenvalue weighted by atomic mass is 79.9. The Bertz CT molecular complexity index is 947. The molecule has 0 saturated carbocycles. The zero-order chi connectivity index (χ0) is 15.7. The van der Waals surface area contributed by atoms with Crippen LogP contribution in [0.2, 0.25) is 5.02 Å². The summed E-state index contributed by atoms with van der Waals surface area (Å²) in [5.41, 5.74) is 2.57. The fourth-order valence-corrected chi connectivity index (χ4v) is 2.87. The van der Waals surface area contributed by atoms with Crippen molar-refractivity contribution in [1.29, 1.82) is 0 Å². The monoisotopic (exact) mass is 375 g/mol. The van der Waals surface area contributed by atoms with Crippen LogP contribution in [-0.4, -0.2) is 6.21 Å². The Morgan fingerprint density at radius 1 is 1.18 bits per heavy atom. The molecular weight excluding hydrogens is 366 g/mol. The van der Waals surface area contributed by atoms with E-state index in [1.54, 1.807) is 12.3 Å². The molecule has 0 unspecified atom stereocenters. The van der Waals surface area contributed by atoms with Crippen molar-refractivity contribution in [2.24, 2.45) is 4.99 Å². The Morgan fingerprint density at radius 3 is 2.77 bits per heavy atom. The van der Waals surface area contributed by atoms with E-state index in [-0.39, 0.29) is 5.63 Å². The van der Waals surface area contributed by atoms with Gasteiger partial charge in [0.1, 0.15) is 5.58 Å². The van der Waals surface area contributed by atoms with Crippen LogP contribution in [0.15, 0.2) is 61.1 Å². The summed E-state index contributed by atoms with van der Waals surface area (Å²) in [4.78, 5) is 15.8. The molecule has 0 saturated heterocycles. The molecule has 0 bridgehead atoms. The smallest absolute Gasteiger partial charge is 0.336 e. The van der Waals surface area contributed by atoms with Gasteiger partial charge in [-0.25, -0.2) is 4.79 Å². The molecule has 0 amide bonds. The first-order valence-electron chi connectivity index (χ1n) is 6.56. The molecule has 3 rings (SSSR count). The third-order valence-corrected chi connectivity index (χ3v) is 4.07. The van der Waals surface area contributed by atoms with Gasteiger partial charge in [-0.3, -0.25) is 4.99 Å². The molecule has 5 heteroatoms. The number of hydrogen-bond donors (Lipinski definition) is 0. The Kier molecular flexibility index (Phi) is 4.14. The lowest BCUT2D eigenvalue weighted by Crippen LogP contribution is -1.97. The minimum absolute atomic E-state index is 0.359. The van der Waals surface area contributed by atoms with Crippen LogP contribution < -0.4 is 5.63 Å². The summed E-state index contributed by atoms with van der Waals surface area (Å²) >= 11 is 9.51. The van der Waals surface area contributed by atoms with E-state index in [2.05, 4.69) is 20.9 Å². The normalized spacial score (nSPS) is 11.4. The molecule has 0 spiro atoms. The molecule has 1 heterocycles. The summed E-state index contributed by atoms with van der Waals surface area (Å²) in [6.45, 7) is 1.88. The highest BCUT2D eigenvalue weighted by Gasteiger charge is 2.03. The maximum atomic E-state index is 11.4. The van der Waals surface area contributed by atoms with Gasteiger partial charge < -0.3 is 4.42 Å². The van der Waals surface area contributed by atoms with Gasteiger partial charge in [0.15, 0.2) is 0 Å². The van der Waals surface area contributed by atoms with Crippen LogP contribution in [0.4, 0.5) is 5.69 Å². The third kappa shape index (κ3) is 3.13. The average molecular weight is 377 g/mol. The molecule has 0 atom stereocenters. The zero-order valence-corrected chi connectivity index (χ0v) is 14.0. The molecule has 0 aliphatic heterocycles. The van der Waals surface area contributed by atoms with Crippen LogP contribution >= 0.6 is 27.5 Å². The lowest BCUT2D eigenvalue weighted by atomic mass is 10.1. The molecule has 0 radical (unpaired) electrons. The van der Waals surface area contributed by atoms with Crippen molar-refractivity contribution in [1.82, 2.24) is 0 Å². The van der Waals surface area contributed by atoms with E-state index in [0.29, 0.717) is 16.3 Å². The quantitative estimate of drug-likeness (QED) is 0.452. The summed E-state index contributed by atoms with van der Waals surface area (Å²) in [5, 5.41) is 1.52. The highest BCUT2D eigenvalue weighted by Crippen LogP contribution is 2.24. The van der Waals surface area contributed by atoms with Gasteiger partial charge in [-0.1, -0.05) is 33.6 Å². The number of hydrogen-bond acceptors (Lipinski definition) is 3. The highest BCUT2D eigenvalue weighted by molar-refractivity contribution is 9.10. The van der Waals surface area contributed by atoms with Gasteiger partial charge in [0.05, 0.1) is 10.7 Å². The fourth-order valence-electron chi connectivity index (χ4n) is 2.14. The second kappa shape index (κ2) is 6.07. The van der Waals surface area contributed by atoms with Crippen LogP contribution in [0.25, 0.3) is 11.0 Å². The molecule has 110 valence electrons. The minimum atomic E-state index is -0.359. The number of fused-ring (bicyclic) bond motifs is 1. The standard InChI is InChI=1S/C17H11BrClNO2/c1-10-6-17(21)22-16-8-13(4-5-14(10)16)20-9-11-2-3-12(18)7-15(11)19/h2-9H,1H3. The second-order valence-corrected chi connectivity index (χ2v) is 6.18. The zero-order valence-electron chi connectivity index (χ0n) is 11.6. The van der Waals surface area contributed by atoms with E-state index < -0.39 is 0 Å². The number of benzene rings is 2. The van der Waals surface area contributed by atoms with Crippen LogP contribution in [0, 0.1) is 6.92 Å². The van der Waals surface area contributed by atoms with Crippen molar-refractivity contribution in [3.05, 3.63) is 73.5 Å². The largest absolute Gasteiger partial charge is 0.423 e. The first-order valence-corrected chi connectivity index (χ1v) is 7.74. The van der Waals surface area contributed by atoms with Crippen molar-refractivity contribution < 1.29 is 4.42 Å².